The molecule has 0 bridgehead atoms. The van der Waals surface area contributed by atoms with Crippen molar-refractivity contribution in [2.24, 2.45) is 4.99 Å². The third-order valence-corrected chi connectivity index (χ3v) is 7.44. The van der Waals surface area contributed by atoms with Gasteiger partial charge in [0.05, 0.1) is 45.0 Å². The first-order chi connectivity index (χ1) is 20.7. The van der Waals surface area contributed by atoms with Crippen LogP contribution >= 0.6 is 0 Å². The molecule has 42 heavy (non-hydrogen) atoms. The molecule has 0 unspecified atom stereocenters. The predicted octanol–water partition coefficient (Wildman–Crippen LogP) is 7.50. The Balaban J connectivity index is 1.41. The molecule has 1 aliphatic rings. The Morgan fingerprint density at radius 3 is 1.69 bits per heavy atom. The van der Waals surface area contributed by atoms with E-state index < -0.39 is 0 Å². The molecule has 6 nitrogen and oxygen atoms in total. The Kier molecular flexibility index (Phi) is 8.24. The van der Waals surface area contributed by atoms with E-state index in [0.717, 1.165) is 62.1 Å². The number of methoxy groups -OCH3 is 2. The Morgan fingerprint density at radius 1 is 0.690 bits per heavy atom. The van der Waals surface area contributed by atoms with Crippen molar-refractivity contribution in [1.29, 1.82) is 0 Å². The molecule has 0 saturated heterocycles. The maximum atomic E-state index is 6.03. The summed E-state index contributed by atoms with van der Waals surface area (Å²) < 4.78 is 16.8. The standard InChI is InChI=1S/C36H33N3O3/c1-40-30-17-13-26(14-18-30)22-39(23-27-15-19-31(41-2)20-16-27)36-33-25-42-24-32(33)34(21-37-36)38-35(28-9-5-3-6-10-28)29-11-7-4-8-12-29/h3-21H,22-25H2,1-2H3. The van der Waals surface area contributed by atoms with Gasteiger partial charge in [0.25, 0.3) is 0 Å². The highest BCUT2D eigenvalue weighted by atomic mass is 16.5. The highest BCUT2D eigenvalue weighted by Crippen LogP contribution is 2.37. The lowest BCUT2D eigenvalue weighted by molar-refractivity contribution is 0.134. The molecular weight excluding hydrogens is 522 g/mol. The van der Waals surface area contributed by atoms with E-state index in [4.69, 9.17) is 24.2 Å². The number of nitrogens with zero attached hydrogens (tertiary/aromatic N) is 3. The van der Waals surface area contributed by atoms with Gasteiger partial charge in [-0.05, 0) is 35.4 Å². The van der Waals surface area contributed by atoms with E-state index in [0.29, 0.717) is 26.3 Å². The molecule has 0 N–H and O–H groups in total. The third kappa shape index (κ3) is 6.04. The molecule has 1 aromatic heterocycles. The summed E-state index contributed by atoms with van der Waals surface area (Å²) >= 11 is 0. The summed E-state index contributed by atoms with van der Waals surface area (Å²) in [6.45, 7) is 2.35. The highest BCUT2D eigenvalue weighted by molar-refractivity contribution is 6.14. The monoisotopic (exact) mass is 555 g/mol. The Hall–Kier alpha value is -4.94. The zero-order chi connectivity index (χ0) is 28.7. The van der Waals surface area contributed by atoms with E-state index in [-0.39, 0.29) is 0 Å². The molecule has 0 saturated carbocycles. The van der Waals surface area contributed by atoms with Gasteiger partial charge in [-0.25, -0.2) is 9.98 Å². The van der Waals surface area contributed by atoms with Gasteiger partial charge in [0.2, 0.25) is 0 Å². The van der Waals surface area contributed by atoms with Crippen molar-refractivity contribution in [2.75, 3.05) is 19.1 Å². The third-order valence-electron chi connectivity index (χ3n) is 7.44. The Bertz CT molecular complexity index is 1560. The average Bonchev–Trinajstić information content (AvgIpc) is 3.55. The van der Waals surface area contributed by atoms with Gasteiger partial charge in [-0.1, -0.05) is 84.9 Å². The minimum absolute atomic E-state index is 0.495. The summed E-state index contributed by atoms with van der Waals surface area (Å²) in [5.41, 5.74) is 8.35. The van der Waals surface area contributed by atoms with Crippen LogP contribution in [0.2, 0.25) is 0 Å². The second-order valence-corrected chi connectivity index (χ2v) is 10.2. The fraction of sp³-hybridized carbons (Fsp3) is 0.167. The van der Waals surface area contributed by atoms with Crippen LogP contribution in [0.5, 0.6) is 11.5 Å². The first kappa shape index (κ1) is 27.2. The summed E-state index contributed by atoms with van der Waals surface area (Å²) in [7, 11) is 3.37. The van der Waals surface area contributed by atoms with Gasteiger partial charge in [-0.3, -0.25) is 0 Å². The molecular formula is C36H33N3O3. The van der Waals surface area contributed by atoms with Gasteiger partial charge in [-0.2, -0.15) is 0 Å². The van der Waals surface area contributed by atoms with Crippen molar-refractivity contribution in [3.05, 3.63) is 149 Å². The van der Waals surface area contributed by atoms with Gasteiger partial charge < -0.3 is 19.1 Å². The summed E-state index contributed by atoms with van der Waals surface area (Å²) in [6, 6.07) is 37.0. The lowest BCUT2D eigenvalue weighted by Crippen LogP contribution is -2.24. The molecule has 2 heterocycles. The van der Waals surface area contributed by atoms with Crippen molar-refractivity contribution in [3.8, 4) is 11.5 Å². The van der Waals surface area contributed by atoms with Gasteiger partial charge in [0.1, 0.15) is 17.3 Å². The molecule has 6 rings (SSSR count). The number of rotatable bonds is 10. The van der Waals surface area contributed by atoms with Crippen molar-refractivity contribution >= 4 is 17.2 Å². The van der Waals surface area contributed by atoms with E-state index in [1.54, 1.807) is 14.2 Å². The number of aromatic nitrogens is 1. The zero-order valence-corrected chi connectivity index (χ0v) is 23.9. The van der Waals surface area contributed by atoms with Crippen LogP contribution in [-0.4, -0.2) is 24.9 Å². The summed E-state index contributed by atoms with van der Waals surface area (Å²) in [4.78, 5) is 12.6. The lowest BCUT2D eigenvalue weighted by atomic mass is 10.0. The number of benzene rings is 4. The maximum Gasteiger partial charge on any atom is 0.135 e. The smallest absolute Gasteiger partial charge is 0.135 e. The molecule has 0 radical (unpaired) electrons. The normalized spacial score (nSPS) is 12.0. The molecule has 4 aromatic carbocycles. The van der Waals surface area contributed by atoms with Crippen LogP contribution in [0.25, 0.3) is 0 Å². The van der Waals surface area contributed by atoms with Crippen molar-refractivity contribution < 1.29 is 14.2 Å². The lowest BCUT2D eigenvalue weighted by Gasteiger charge is -2.26. The highest BCUT2D eigenvalue weighted by Gasteiger charge is 2.25. The quantitative estimate of drug-likeness (QED) is 0.167. The number of pyridine rings is 1. The van der Waals surface area contributed by atoms with Gasteiger partial charge in [0.15, 0.2) is 0 Å². The molecule has 1 aliphatic heterocycles. The Labute approximate surface area is 246 Å². The fourth-order valence-electron chi connectivity index (χ4n) is 5.22. The summed E-state index contributed by atoms with van der Waals surface area (Å²) in [6.07, 6.45) is 1.89. The minimum atomic E-state index is 0.495. The zero-order valence-electron chi connectivity index (χ0n) is 23.9. The first-order valence-electron chi connectivity index (χ1n) is 14.0. The second-order valence-electron chi connectivity index (χ2n) is 10.2. The molecule has 6 heteroatoms. The van der Waals surface area contributed by atoms with Crippen LogP contribution in [0.3, 0.4) is 0 Å². The van der Waals surface area contributed by atoms with E-state index in [1.165, 1.54) is 0 Å². The molecule has 0 aliphatic carbocycles. The maximum absolute atomic E-state index is 6.03. The number of aliphatic imine (C=N–C) groups is 1. The topological polar surface area (TPSA) is 56.2 Å². The SMILES string of the molecule is COc1ccc(CN(Cc2ccc(OC)cc2)c2ncc(N=C(c3ccccc3)c3ccccc3)c3c2COC3)cc1. The molecule has 0 fully saturated rings. The number of hydrogen-bond acceptors (Lipinski definition) is 6. The van der Waals surface area contributed by atoms with Crippen LogP contribution < -0.4 is 14.4 Å². The van der Waals surface area contributed by atoms with Crippen molar-refractivity contribution in [3.63, 3.8) is 0 Å². The first-order valence-corrected chi connectivity index (χ1v) is 14.0. The number of ether oxygens (including phenoxy) is 3. The second kappa shape index (κ2) is 12.7. The molecule has 0 amide bonds. The number of anilines is 1. The van der Waals surface area contributed by atoms with Crippen LogP contribution in [0.1, 0.15) is 33.4 Å². The molecule has 0 spiro atoms. The largest absolute Gasteiger partial charge is 0.497 e. The predicted molar refractivity (Wildman–Crippen MR) is 167 cm³/mol. The van der Waals surface area contributed by atoms with Crippen molar-refractivity contribution in [1.82, 2.24) is 4.98 Å². The van der Waals surface area contributed by atoms with Crippen LogP contribution in [0.4, 0.5) is 11.5 Å². The van der Waals surface area contributed by atoms with Gasteiger partial charge in [-0.15, -0.1) is 0 Å². The fourth-order valence-corrected chi connectivity index (χ4v) is 5.22. The van der Waals surface area contributed by atoms with E-state index in [2.05, 4.69) is 53.4 Å². The molecule has 210 valence electrons. The van der Waals surface area contributed by atoms with Gasteiger partial charge in [0, 0.05) is 35.3 Å². The Morgan fingerprint density at radius 2 is 1.19 bits per heavy atom. The number of fused-ring (bicyclic) bond motifs is 1. The average molecular weight is 556 g/mol. The van der Waals surface area contributed by atoms with E-state index in [1.807, 2.05) is 66.9 Å². The van der Waals surface area contributed by atoms with Crippen LogP contribution in [-0.2, 0) is 31.0 Å². The van der Waals surface area contributed by atoms with Gasteiger partial charge >= 0.3 is 0 Å². The molecule has 5 aromatic rings. The molecule has 0 atom stereocenters. The van der Waals surface area contributed by atoms with E-state index in [9.17, 15) is 0 Å². The summed E-state index contributed by atoms with van der Waals surface area (Å²) in [5, 5.41) is 0. The van der Waals surface area contributed by atoms with Crippen LogP contribution in [0, 0.1) is 0 Å². The minimum Gasteiger partial charge on any atom is -0.497 e. The van der Waals surface area contributed by atoms with Crippen molar-refractivity contribution in [2.45, 2.75) is 26.3 Å². The summed E-state index contributed by atoms with van der Waals surface area (Å²) in [5.74, 6) is 2.58. The van der Waals surface area contributed by atoms with E-state index >= 15 is 0 Å². The van der Waals surface area contributed by atoms with Crippen LogP contribution in [0.15, 0.2) is 120 Å². The number of hydrogen-bond donors (Lipinski definition) is 0.